The molecule has 0 amide bonds. The van der Waals surface area contributed by atoms with E-state index in [1.807, 2.05) is 0 Å². The van der Waals surface area contributed by atoms with Crippen LogP contribution in [0.3, 0.4) is 0 Å². The Morgan fingerprint density at radius 3 is 2.54 bits per heavy atom. The minimum absolute atomic E-state index is 0.295. The second-order valence-electron chi connectivity index (χ2n) is 4.02. The fourth-order valence-electron chi connectivity index (χ4n) is 2.15. The predicted molar refractivity (Wildman–Crippen MR) is 48.7 cm³/mol. The molecule has 0 bridgehead atoms. The molecule has 1 aliphatic rings. The fourth-order valence-corrected chi connectivity index (χ4v) is 2.15. The van der Waals surface area contributed by atoms with E-state index in [4.69, 9.17) is 0 Å². The number of aliphatic hydroxyl groups is 1. The van der Waals surface area contributed by atoms with Gasteiger partial charge in [-0.1, -0.05) is 25.1 Å². The Labute approximate surface area is 77.2 Å². The van der Waals surface area contributed by atoms with Crippen molar-refractivity contribution in [1.82, 2.24) is 0 Å². The van der Waals surface area contributed by atoms with Crippen molar-refractivity contribution in [3.63, 3.8) is 0 Å². The summed E-state index contributed by atoms with van der Waals surface area (Å²) in [6.45, 7) is 2.06. The molecule has 1 aliphatic carbocycles. The molecular weight excluding hydrogens is 167 g/mol. The maximum atomic E-state index is 13.3. The lowest BCUT2D eigenvalue weighted by molar-refractivity contribution is -0.0762. The Bertz CT molecular complexity index is 316. The highest BCUT2D eigenvalue weighted by atomic mass is 19.1. The van der Waals surface area contributed by atoms with Crippen LogP contribution in [0.25, 0.3) is 0 Å². The van der Waals surface area contributed by atoms with E-state index < -0.39 is 5.60 Å². The second kappa shape index (κ2) is 2.81. The van der Waals surface area contributed by atoms with E-state index in [1.54, 1.807) is 18.2 Å². The highest BCUT2D eigenvalue weighted by Gasteiger charge is 2.42. The Balaban J connectivity index is 2.31. The number of hydrogen-bond donors (Lipinski definition) is 1. The van der Waals surface area contributed by atoms with Gasteiger partial charge >= 0.3 is 0 Å². The van der Waals surface area contributed by atoms with Gasteiger partial charge in [0.2, 0.25) is 0 Å². The molecule has 0 spiro atoms. The smallest absolute Gasteiger partial charge is 0.129 e. The summed E-state index contributed by atoms with van der Waals surface area (Å²) in [5, 5.41) is 9.99. The van der Waals surface area contributed by atoms with Crippen molar-refractivity contribution in [3.8, 4) is 0 Å². The molecule has 2 heteroatoms. The summed E-state index contributed by atoms with van der Waals surface area (Å²) in [5.41, 5.74) is -0.446. The first kappa shape index (κ1) is 8.70. The summed E-state index contributed by atoms with van der Waals surface area (Å²) in [5.74, 6) is 0.210. The van der Waals surface area contributed by atoms with E-state index >= 15 is 0 Å². The lowest BCUT2D eigenvalue weighted by atomic mass is 9.68. The molecule has 70 valence electrons. The highest BCUT2D eigenvalue weighted by Crippen LogP contribution is 2.45. The van der Waals surface area contributed by atoms with Gasteiger partial charge in [0.1, 0.15) is 5.82 Å². The predicted octanol–water partition coefficient (Wildman–Crippen LogP) is 2.44. The van der Waals surface area contributed by atoms with Gasteiger partial charge in [0.15, 0.2) is 0 Å². The zero-order chi connectivity index (χ0) is 9.47. The zero-order valence-electron chi connectivity index (χ0n) is 7.63. The molecule has 1 fully saturated rings. The molecule has 0 radical (unpaired) electrons. The Hall–Kier alpha value is -0.890. The van der Waals surface area contributed by atoms with Crippen LogP contribution in [0.15, 0.2) is 24.3 Å². The van der Waals surface area contributed by atoms with Crippen LogP contribution in [-0.4, -0.2) is 5.11 Å². The first-order valence-corrected chi connectivity index (χ1v) is 4.59. The SMILES string of the molecule is CC1CC(O)(c2ccccc2F)C1. The number of rotatable bonds is 1. The lowest BCUT2D eigenvalue weighted by Crippen LogP contribution is -2.40. The monoisotopic (exact) mass is 180 g/mol. The first-order valence-electron chi connectivity index (χ1n) is 4.59. The number of hydrogen-bond acceptors (Lipinski definition) is 1. The summed E-state index contributed by atoms with van der Waals surface area (Å²) in [4.78, 5) is 0. The quantitative estimate of drug-likeness (QED) is 0.703. The number of benzene rings is 1. The van der Waals surface area contributed by atoms with Crippen LogP contribution in [-0.2, 0) is 5.60 Å². The van der Waals surface area contributed by atoms with Crippen molar-refractivity contribution in [2.75, 3.05) is 0 Å². The molecule has 0 heterocycles. The van der Waals surface area contributed by atoms with Gasteiger partial charge in [0.25, 0.3) is 0 Å². The van der Waals surface area contributed by atoms with Crippen LogP contribution < -0.4 is 0 Å². The van der Waals surface area contributed by atoms with Crippen LogP contribution in [0.2, 0.25) is 0 Å². The molecule has 0 unspecified atom stereocenters. The van der Waals surface area contributed by atoms with E-state index in [9.17, 15) is 9.50 Å². The van der Waals surface area contributed by atoms with Crippen LogP contribution in [0.4, 0.5) is 4.39 Å². The molecule has 0 aliphatic heterocycles. The molecular formula is C11H13FO. The molecule has 0 saturated heterocycles. The maximum Gasteiger partial charge on any atom is 0.129 e. The summed E-state index contributed by atoms with van der Waals surface area (Å²) in [7, 11) is 0. The van der Waals surface area contributed by atoms with Gasteiger partial charge in [-0.05, 0) is 24.8 Å². The number of halogens is 1. The molecule has 1 saturated carbocycles. The van der Waals surface area contributed by atoms with Crippen molar-refractivity contribution in [2.45, 2.75) is 25.4 Å². The molecule has 1 N–H and O–H groups in total. The second-order valence-corrected chi connectivity index (χ2v) is 4.02. The molecule has 13 heavy (non-hydrogen) atoms. The fraction of sp³-hybridized carbons (Fsp3) is 0.455. The topological polar surface area (TPSA) is 20.2 Å². The van der Waals surface area contributed by atoms with Gasteiger partial charge in [-0.25, -0.2) is 4.39 Å². The van der Waals surface area contributed by atoms with Gasteiger partial charge in [0, 0.05) is 5.56 Å². The van der Waals surface area contributed by atoms with E-state index in [2.05, 4.69) is 6.92 Å². The van der Waals surface area contributed by atoms with Crippen molar-refractivity contribution in [3.05, 3.63) is 35.6 Å². The minimum Gasteiger partial charge on any atom is -0.385 e. The summed E-state index contributed by atoms with van der Waals surface area (Å²) in [6, 6.07) is 6.47. The maximum absolute atomic E-state index is 13.3. The molecule has 0 aromatic heterocycles. The van der Waals surface area contributed by atoms with E-state index in [0.29, 0.717) is 24.3 Å². The molecule has 0 atom stereocenters. The zero-order valence-corrected chi connectivity index (χ0v) is 7.63. The van der Waals surface area contributed by atoms with E-state index in [0.717, 1.165) is 0 Å². The van der Waals surface area contributed by atoms with Gasteiger partial charge in [-0.15, -0.1) is 0 Å². The standard InChI is InChI=1S/C11H13FO/c1-8-6-11(13,7-8)9-4-2-3-5-10(9)12/h2-5,8,13H,6-7H2,1H3. The van der Waals surface area contributed by atoms with Gasteiger partial charge in [-0.3, -0.25) is 0 Å². The molecule has 1 aromatic rings. The Morgan fingerprint density at radius 2 is 2.00 bits per heavy atom. The molecule has 1 aromatic carbocycles. The minimum atomic E-state index is -0.898. The van der Waals surface area contributed by atoms with Gasteiger partial charge in [0.05, 0.1) is 5.60 Å². The largest absolute Gasteiger partial charge is 0.385 e. The molecule has 1 nitrogen and oxygen atoms in total. The molecule has 2 rings (SSSR count). The average Bonchev–Trinajstić information content (AvgIpc) is 2.02. The van der Waals surface area contributed by atoms with Crippen LogP contribution >= 0.6 is 0 Å². The van der Waals surface area contributed by atoms with Gasteiger partial charge in [-0.2, -0.15) is 0 Å². The third-order valence-electron chi connectivity index (χ3n) is 2.75. The van der Waals surface area contributed by atoms with Crippen LogP contribution in [0.1, 0.15) is 25.3 Å². The van der Waals surface area contributed by atoms with Crippen molar-refractivity contribution in [2.24, 2.45) is 5.92 Å². The van der Waals surface area contributed by atoms with Crippen molar-refractivity contribution < 1.29 is 9.50 Å². The summed E-state index contributed by atoms with van der Waals surface area (Å²) in [6.07, 6.45) is 1.35. The third-order valence-corrected chi connectivity index (χ3v) is 2.75. The van der Waals surface area contributed by atoms with E-state index in [-0.39, 0.29) is 5.82 Å². The lowest BCUT2D eigenvalue weighted by Gasteiger charge is -2.42. The first-order chi connectivity index (χ1) is 6.12. The van der Waals surface area contributed by atoms with E-state index in [1.165, 1.54) is 6.07 Å². The third kappa shape index (κ3) is 1.35. The Kier molecular flexibility index (Phi) is 1.88. The average molecular weight is 180 g/mol. The summed E-state index contributed by atoms with van der Waals surface area (Å²) >= 11 is 0. The van der Waals surface area contributed by atoms with Crippen molar-refractivity contribution in [1.29, 1.82) is 0 Å². The van der Waals surface area contributed by atoms with Crippen LogP contribution in [0, 0.1) is 11.7 Å². The summed E-state index contributed by atoms with van der Waals surface area (Å²) < 4.78 is 13.3. The van der Waals surface area contributed by atoms with Crippen molar-refractivity contribution >= 4 is 0 Å². The highest BCUT2D eigenvalue weighted by molar-refractivity contribution is 5.26. The normalized spacial score (nSPS) is 32.7. The van der Waals surface area contributed by atoms with Gasteiger partial charge < -0.3 is 5.11 Å². The Morgan fingerprint density at radius 1 is 1.38 bits per heavy atom. The van der Waals surface area contributed by atoms with Crippen LogP contribution in [0.5, 0.6) is 0 Å².